The predicted octanol–water partition coefficient (Wildman–Crippen LogP) is 14.4. The quantitative estimate of drug-likeness (QED) is 0.0355. The molecule has 0 rings (SSSR count). The molecular weight excluding hydrogens is 775 g/mol. The van der Waals surface area contributed by atoms with Crippen LogP contribution in [-0.2, 0) is 18.5 Å². The molecule has 0 aliphatic carbocycles. The first-order valence-electron chi connectivity index (χ1n) is 25.4. The average Bonchev–Trinajstić information content (AvgIpc) is 3.21. The van der Waals surface area contributed by atoms with Gasteiger partial charge in [0, 0.05) is 13.2 Å². The lowest BCUT2D eigenvalue weighted by Crippen LogP contribution is -2.27. The summed E-state index contributed by atoms with van der Waals surface area (Å²) in [5.74, 6) is 1.08. The van der Waals surface area contributed by atoms with E-state index in [0.29, 0.717) is 13.2 Å². The summed E-state index contributed by atoms with van der Waals surface area (Å²) in [6.45, 7) is 14.6. The Bertz CT molecular complexity index is 817. The topological polar surface area (TPSA) is 88.5 Å². The van der Waals surface area contributed by atoms with Gasteiger partial charge in [0.05, 0.1) is 13.2 Å². The Hall–Kier alpha value is -0.0300. The maximum atomic E-state index is 12.9. The van der Waals surface area contributed by atoms with Crippen LogP contribution in [0.3, 0.4) is 0 Å². The van der Waals surface area contributed by atoms with E-state index in [1.54, 1.807) is 0 Å². The highest BCUT2D eigenvalue weighted by molar-refractivity contribution is 8.28. The summed E-state index contributed by atoms with van der Waals surface area (Å²) in [5, 5.41) is 19.4. The van der Waals surface area contributed by atoms with Gasteiger partial charge in [0.15, 0.2) is 6.29 Å². The van der Waals surface area contributed by atoms with Gasteiger partial charge >= 0.3 is 5.97 Å². The number of hydrogen-bond donors (Lipinski definition) is 2. The molecule has 59 heavy (non-hydrogen) atoms. The Morgan fingerprint density at radius 1 is 0.525 bits per heavy atom. The van der Waals surface area contributed by atoms with Crippen LogP contribution in [-0.4, -0.2) is 103 Å². The van der Waals surface area contributed by atoms with E-state index in [1.807, 2.05) is 11.8 Å². The van der Waals surface area contributed by atoms with Crippen molar-refractivity contribution in [2.24, 2.45) is 0 Å². The van der Waals surface area contributed by atoms with E-state index in [4.69, 9.17) is 13.7 Å². The van der Waals surface area contributed by atoms with Gasteiger partial charge in [-0.25, -0.2) is 0 Å². The zero-order valence-electron chi connectivity index (χ0n) is 40.7. The highest BCUT2D eigenvalue weighted by atomic mass is 32.3. The van der Waals surface area contributed by atoms with Crippen LogP contribution in [0.25, 0.3) is 0 Å². The Labute approximate surface area is 375 Å². The number of carbonyl (C=O) groups excluding carboxylic acids is 1. The molecule has 0 aliphatic rings. The van der Waals surface area contributed by atoms with Crippen LogP contribution in [0.5, 0.6) is 0 Å². The summed E-state index contributed by atoms with van der Waals surface area (Å²) >= 11 is 1.82. The standard InChI is InChI=1S/C39H79NO5S.C11H26OS/c1-4-7-10-12-14-19-28-37(46-36-27-9-6-3)39(43)45-35-26-17-15-21-30-40(32-23-24-33-41)31-22-18-20-29-38(42)44-34-25-16-13-11-8-5-2;1-5-6-7-8-9-10-11-12-13(2,3)4/h37-38,41-42H,4-36H2,1-3H3;5-11H2,1-4H3. The van der Waals surface area contributed by atoms with E-state index in [1.165, 1.54) is 122 Å². The Balaban J connectivity index is 0. The third-order valence-corrected chi connectivity index (χ3v) is 13.0. The molecule has 0 aliphatic heterocycles. The van der Waals surface area contributed by atoms with Crippen molar-refractivity contribution in [1.29, 1.82) is 0 Å². The first-order chi connectivity index (χ1) is 28.6. The minimum Gasteiger partial charge on any atom is -0.465 e. The van der Waals surface area contributed by atoms with Crippen molar-refractivity contribution < 1.29 is 28.7 Å². The lowest BCUT2D eigenvalue weighted by atomic mass is 10.1. The van der Waals surface area contributed by atoms with Gasteiger partial charge in [-0.15, -0.1) is 22.1 Å². The number of ether oxygens (including phenoxy) is 2. The van der Waals surface area contributed by atoms with Crippen molar-refractivity contribution in [3.05, 3.63) is 0 Å². The molecule has 0 aromatic rings. The number of unbranched alkanes of at least 4 members (excludes halogenated alkanes) is 23. The largest absolute Gasteiger partial charge is 0.465 e. The second-order valence-electron chi connectivity index (χ2n) is 17.7. The smallest absolute Gasteiger partial charge is 0.319 e. The fourth-order valence-corrected chi connectivity index (χ4v) is 8.81. The van der Waals surface area contributed by atoms with Crippen LogP contribution in [0.2, 0.25) is 0 Å². The maximum Gasteiger partial charge on any atom is 0.319 e. The van der Waals surface area contributed by atoms with Crippen LogP contribution < -0.4 is 0 Å². The number of thioether (sulfide) groups is 1. The van der Waals surface area contributed by atoms with Gasteiger partial charge < -0.3 is 28.8 Å². The molecule has 0 spiro atoms. The van der Waals surface area contributed by atoms with Gasteiger partial charge in [-0.1, -0.05) is 163 Å². The summed E-state index contributed by atoms with van der Waals surface area (Å²) in [7, 11) is -0.722. The molecule has 9 heteroatoms. The summed E-state index contributed by atoms with van der Waals surface area (Å²) < 4.78 is 17.1. The fraction of sp³-hybridized carbons (Fsp3) is 0.980. The van der Waals surface area contributed by atoms with Crippen molar-refractivity contribution in [3.63, 3.8) is 0 Å². The molecule has 0 heterocycles. The number of aliphatic hydroxyl groups excluding tert-OH is 2. The molecule has 0 saturated heterocycles. The molecule has 0 bridgehead atoms. The lowest BCUT2D eigenvalue weighted by molar-refractivity contribution is -0.143. The highest BCUT2D eigenvalue weighted by Gasteiger charge is 2.20. The summed E-state index contributed by atoms with van der Waals surface area (Å²) in [5.41, 5.74) is 0. The van der Waals surface area contributed by atoms with E-state index >= 15 is 0 Å². The van der Waals surface area contributed by atoms with E-state index in [0.717, 1.165) is 115 Å². The lowest BCUT2D eigenvalue weighted by Gasteiger charge is -2.25. The minimum absolute atomic E-state index is 0.0106. The normalized spacial score (nSPS) is 13.1. The molecule has 0 saturated carbocycles. The van der Waals surface area contributed by atoms with Crippen molar-refractivity contribution in [2.75, 3.05) is 70.6 Å². The monoisotopic (exact) mass is 880 g/mol. The number of esters is 1. The first kappa shape index (κ1) is 61.1. The van der Waals surface area contributed by atoms with Gasteiger partial charge in [-0.2, -0.15) is 0 Å². The van der Waals surface area contributed by atoms with Crippen LogP contribution in [0, 0.1) is 0 Å². The zero-order valence-corrected chi connectivity index (χ0v) is 42.4. The molecule has 0 aromatic carbocycles. The molecule has 0 fully saturated rings. The molecule has 0 aromatic heterocycles. The summed E-state index contributed by atoms with van der Waals surface area (Å²) in [6.07, 6.45) is 43.9. The minimum atomic E-state index is -0.722. The molecule has 2 atom stereocenters. The number of carbonyl (C=O) groups is 1. The summed E-state index contributed by atoms with van der Waals surface area (Å²) in [4.78, 5) is 15.4. The zero-order chi connectivity index (χ0) is 43.9. The second-order valence-corrected chi connectivity index (χ2v) is 22.7. The number of nitrogens with zero attached hydrogens (tertiary/aromatic N) is 1. The number of rotatable bonds is 46. The predicted molar refractivity (Wildman–Crippen MR) is 264 cm³/mol. The molecule has 358 valence electrons. The maximum absolute atomic E-state index is 12.9. The Morgan fingerprint density at radius 3 is 1.49 bits per heavy atom. The Kier molecular flexibility index (Phi) is 50.7. The third kappa shape index (κ3) is 50.5. The molecule has 0 amide bonds. The molecule has 7 nitrogen and oxygen atoms in total. The Morgan fingerprint density at radius 2 is 0.949 bits per heavy atom. The molecular formula is C50H105NO6S2. The van der Waals surface area contributed by atoms with Crippen molar-refractivity contribution in [3.8, 4) is 0 Å². The van der Waals surface area contributed by atoms with Crippen molar-refractivity contribution in [1.82, 2.24) is 4.90 Å². The van der Waals surface area contributed by atoms with Crippen molar-refractivity contribution in [2.45, 2.75) is 245 Å². The van der Waals surface area contributed by atoms with Crippen molar-refractivity contribution >= 4 is 28.0 Å². The average molecular weight is 881 g/mol. The van der Waals surface area contributed by atoms with Gasteiger partial charge in [0.1, 0.15) is 5.25 Å². The van der Waals surface area contributed by atoms with E-state index < -0.39 is 16.6 Å². The SMILES string of the molecule is CCCCCCCCOC(O)CCCCCN(CCCCO)CCCCCCOC(=O)C(CCCCCCCC)SCCCCC.CCCCCCCCOS(C)(C)C. The van der Waals surface area contributed by atoms with Crippen LogP contribution in [0.1, 0.15) is 233 Å². The van der Waals surface area contributed by atoms with Gasteiger partial charge in [-0.05, 0) is 115 Å². The molecule has 2 N–H and O–H groups in total. The fourth-order valence-electron chi connectivity index (χ4n) is 7.00. The number of aliphatic hydroxyl groups is 2. The van der Waals surface area contributed by atoms with Crippen LogP contribution in [0.4, 0.5) is 0 Å². The third-order valence-electron chi connectivity index (χ3n) is 10.8. The molecule has 0 radical (unpaired) electrons. The van der Waals surface area contributed by atoms with E-state index in [-0.39, 0.29) is 17.8 Å². The van der Waals surface area contributed by atoms with Crippen LogP contribution in [0.15, 0.2) is 0 Å². The van der Waals surface area contributed by atoms with Gasteiger partial charge in [0.25, 0.3) is 0 Å². The highest BCUT2D eigenvalue weighted by Crippen LogP contribution is 2.36. The van der Waals surface area contributed by atoms with Gasteiger partial charge in [0.2, 0.25) is 0 Å². The first-order valence-corrected chi connectivity index (χ1v) is 29.2. The van der Waals surface area contributed by atoms with Gasteiger partial charge in [-0.3, -0.25) is 4.79 Å². The van der Waals surface area contributed by atoms with Crippen LogP contribution >= 0.6 is 22.1 Å². The summed E-state index contributed by atoms with van der Waals surface area (Å²) in [6, 6.07) is 0. The molecule has 2 unspecified atom stereocenters. The second kappa shape index (κ2) is 49.0. The van der Waals surface area contributed by atoms with E-state index in [9.17, 15) is 15.0 Å². The number of hydrogen-bond acceptors (Lipinski definition) is 8. The van der Waals surface area contributed by atoms with E-state index in [2.05, 4.69) is 51.4 Å².